The predicted octanol–water partition coefficient (Wildman–Crippen LogP) is 0.636. The third-order valence-corrected chi connectivity index (χ3v) is 2.28. The molecule has 7 nitrogen and oxygen atoms in total. The van der Waals surface area contributed by atoms with Crippen molar-refractivity contribution in [2.45, 2.75) is 6.42 Å². The van der Waals surface area contributed by atoms with Crippen LogP contribution in [-0.4, -0.2) is 30.6 Å². The van der Waals surface area contributed by atoms with E-state index in [0.717, 1.165) is 5.69 Å². The first-order valence-corrected chi connectivity index (χ1v) is 5.02. The van der Waals surface area contributed by atoms with Crippen molar-refractivity contribution in [2.24, 2.45) is 0 Å². The number of tetrazole rings is 1. The highest BCUT2D eigenvalue weighted by molar-refractivity contribution is 5.30. The zero-order valence-electron chi connectivity index (χ0n) is 8.76. The van der Waals surface area contributed by atoms with Gasteiger partial charge in [0.05, 0.1) is 12.1 Å². The van der Waals surface area contributed by atoms with Crippen molar-refractivity contribution < 1.29 is 4.52 Å². The lowest BCUT2D eigenvalue weighted by molar-refractivity contribution is 0.392. The molecule has 17 heavy (non-hydrogen) atoms. The van der Waals surface area contributed by atoms with Gasteiger partial charge in [0.15, 0.2) is 5.82 Å². The standard InChI is InChI=1S/C10H8N6O/c1-2-4-9(5-3-1)16-10(12-13-14-16)6-8-7-17-15-11-8/h1-5,7H,6H2. The van der Waals surface area contributed by atoms with Crippen LogP contribution < -0.4 is 0 Å². The maximum atomic E-state index is 4.67. The molecule has 3 aromatic rings. The zero-order chi connectivity index (χ0) is 11.5. The van der Waals surface area contributed by atoms with Crippen molar-refractivity contribution in [3.63, 3.8) is 0 Å². The summed E-state index contributed by atoms with van der Waals surface area (Å²) in [5.74, 6) is 0.687. The van der Waals surface area contributed by atoms with E-state index in [9.17, 15) is 0 Å². The fraction of sp³-hybridized carbons (Fsp3) is 0.100. The fourth-order valence-electron chi connectivity index (χ4n) is 1.51. The summed E-state index contributed by atoms with van der Waals surface area (Å²) in [6, 6.07) is 9.66. The van der Waals surface area contributed by atoms with E-state index in [2.05, 4.69) is 30.4 Å². The highest BCUT2D eigenvalue weighted by Gasteiger charge is 2.10. The predicted molar refractivity (Wildman–Crippen MR) is 56.3 cm³/mol. The van der Waals surface area contributed by atoms with E-state index < -0.39 is 0 Å². The molecule has 1 aromatic carbocycles. The number of aromatic nitrogens is 6. The lowest BCUT2D eigenvalue weighted by Gasteiger charge is -2.01. The Bertz CT molecular complexity index is 588. The molecule has 0 aliphatic heterocycles. The quantitative estimate of drug-likeness (QED) is 0.654. The van der Waals surface area contributed by atoms with Crippen LogP contribution in [0.25, 0.3) is 5.69 Å². The Hall–Kier alpha value is -2.57. The van der Waals surface area contributed by atoms with E-state index >= 15 is 0 Å². The number of benzene rings is 1. The molecule has 0 unspecified atom stereocenters. The van der Waals surface area contributed by atoms with Crippen LogP contribution in [0.5, 0.6) is 0 Å². The van der Waals surface area contributed by atoms with Crippen LogP contribution in [0.4, 0.5) is 0 Å². The molecule has 0 radical (unpaired) electrons. The van der Waals surface area contributed by atoms with Crippen LogP contribution in [0.15, 0.2) is 41.1 Å². The number of nitrogens with zero attached hydrogens (tertiary/aromatic N) is 6. The van der Waals surface area contributed by atoms with Crippen LogP contribution in [0.1, 0.15) is 11.5 Å². The normalized spacial score (nSPS) is 10.6. The molecule has 0 amide bonds. The average molecular weight is 228 g/mol. The minimum Gasteiger partial charge on any atom is -0.345 e. The molecule has 0 aliphatic carbocycles. The van der Waals surface area contributed by atoms with Gasteiger partial charge >= 0.3 is 0 Å². The highest BCUT2D eigenvalue weighted by atomic mass is 16.5. The van der Waals surface area contributed by atoms with Gasteiger partial charge in [-0.1, -0.05) is 18.2 Å². The van der Waals surface area contributed by atoms with Crippen molar-refractivity contribution in [1.82, 2.24) is 30.6 Å². The van der Waals surface area contributed by atoms with E-state index in [0.29, 0.717) is 17.9 Å². The molecule has 2 heterocycles. The van der Waals surface area contributed by atoms with Crippen molar-refractivity contribution in [3.05, 3.63) is 48.1 Å². The summed E-state index contributed by atoms with van der Waals surface area (Å²) in [5.41, 5.74) is 1.60. The first-order valence-electron chi connectivity index (χ1n) is 5.02. The van der Waals surface area contributed by atoms with Crippen LogP contribution in [0, 0.1) is 0 Å². The second kappa shape index (κ2) is 4.12. The summed E-state index contributed by atoms with van der Waals surface area (Å²) < 4.78 is 6.33. The molecule has 0 saturated heterocycles. The largest absolute Gasteiger partial charge is 0.345 e. The zero-order valence-corrected chi connectivity index (χ0v) is 8.76. The Balaban J connectivity index is 1.95. The molecular weight excluding hydrogens is 220 g/mol. The summed E-state index contributed by atoms with van der Waals surface area (Å²) in [6.07, 6.45) is 1.95. The molecular formula is C10H8N6O. The maximum absolute atomic E-state index is 4.67. The molecule has 0 N–H and O–H groups in total. The first kappa shape index (κ1) is 9.64. The summed E-state index contributed by atoms with van der Waals surface area (Å²) >= 11 is 0. The number of hydrogen-bond donors (Lipinski definition) is 0. The Morgan fingerprint density at radius 1 is 1.12 bits per heavy atom. The second-order valence-corrected chi connectivity index (χ2v) is 3.42. The van der Waals surface area contributed by atoms with Crippen LogP contribution >= 0.6 is 0 Å². The SMILES string of the molecule is c1ccc(-n2nnnc2Cc2conn2)cc1. The van der Waals surface area contributed by atoms with Crippen molar-refractivity contribution in [2.75, 3.05) is 0 Å². The number of rotatable bonds is 3. The van der Waals surface area contributed by atoms with Gasteiger partial charge in [-0.15, -0.1) is 10.2 Å². The Morgan fingerprint density at radius 3 is 2.76 bits per heavy atom. The van der Waals surface area contributed by atoms with Gasteiger partial charge in [-0.3, -0.25) is 0 Å². The molecule has 0 aliphatic rings. The van der Waals surface area contributed by atoms with Gasteiger partial charge in [0.1, 0.15) is 12.0 Å². The second-order valence-electron chi connectivity index (χ2n) is 3.42. The lowest BCUT2D eigenvalue weighted by atomic mass is 10.3. The van der Waals surface area contributed by atoms with Gasteiger partial charge in [0.2, 0.25) is 0 Å². The van der Waals surface area contributed by atoms with Gasteiger partial charge in [0.25, 0.3) is 0 Å². The Labute approximate surface area is 96.0 Å². The van der Waals surface area contributed by atoms with Crippen molar-refractivity contribution in [1.29, 1.82) is 0 Å². The van der Waals surface area contributed by atoms with Gasteiger partial charge in [-0.25, -0.2) is 0 Å². The summed E-state index contributed by atoms with van der Waals surface area (Å²) in [5, 5.41) is 18.8. The van der Waals surface area contributed by atoms with Gasteiger partial charge in [-0.2, -0.15) is 4.68 Å². The monoisotopic (exact) mass is 228 g/mol. The number of para-hydroxylation sites is 1. The van der Waals surface area contributed by atoms with E-state index in [-0.39, 0.29) is 0 Å². The molecule has 0 saturated carbocycles. The number of hydrogen-bond acceptors (Lipinski definition) is 6. The molecule has 2 aromatic heterocycles. The third kappa shape index (κ3) is 1.89. The summed E-state index contributed by atoms with van der Waals surface area (Å²) in [6.45, 7) is 0. The van der Waals surface area contributed by atoms with Crippen LogP contribution in [0.3, 0.4) is 0 Å². The smallest absolute Gasteiger partial charge is 0.162 e. The van der Waals surface area contributed by atoms with Crippen LogP contribution in [0.2, 0.25) is 0 Å². The maximum Gasteiger partial charge on any atom is 0.162 e. The van der Waals surface area contributed by atoms with E-state index in [4.69, 9.17) is 0 Å². The lowest BCUT2D eigenvalue weighted by Crippen LogP contribution is -2.04. The molecule has 0 bridgehead atoms. The molecule has 7 heteroatoms. The van der Waals surface area contributed by atoms with E-state index in [1.54, 1.807) is 4.68 Å². The van der Waals surface area contributed by atoms with Crippen molar-refractivity contribution >= 4 is 0 Å². The fourth-order valence-corrected chi connectivity index (χ4v) is 1.51. The Morgan fingerprint density at radius 2 is 2.00 bits per heavy atom. The molecule has 0 spiro atoms. The molecule has 0 atom stereocenters. The van der Waals surface area contributed by atoms with Crippen molar-refractivity contribution in [3.8, 4) is 5.69 Å². The molecule has 0 fully saturated rings. The topological polar surface area (TPSA) is 82.5 Å². The molecule has 84 valence electrons. The third-order valence-electron chi connectivity index (χ3n) is 2.28. The van der Waals surface area contributed by atoms with Gasteiger partial charge in [0, 0.05) is 5.27 Å². The first-order chi connectivity index (χ1) is 8.43. The highest BCUT2D eigenvalue weighted by Crippen LogP contribution is 2.09. The van der Waals surface area contributed by atoms with Gasteiger partial charge in [-0.05, 0) is 22.6 Å². The minimum absolute atomic E-state index is 0.478. The van der Waals surface area contributed by atoms with Crippen LogP contribution in [-0.2, 0) is 6.42 Å². The van der Waals surface area contributed by atoms with E-state index in [1.807, 2.05) is 30.3 Å². The Kier molecular flexibility index (Phi) is 2.34. The molecule has 3 rings (SSSR count). The van der Waals surface area contributed by atoms with E-state index in [1.165, 1.54) is 6.26 Å². The summed E-state index contributed by atoms with van der Waals surface area (Å²) in [7, 11) is 0. The summed E-state index contributed by atoms with van der Waals surface area (Å²) in [4.78, 5) is 0. The average Bonchev–Trinajstić information content (AvgIpc) is 3.02. The van der Waals surface area contributed by atoms with Gasteiger partial charge < -0.3 is 4.52 Å². The minimum atomic E-state index is 0.478.